The summed E-state index contributed by atoms with van der Waals surface area (Å²) in [5, 5.41) is 9.15. The van der Waals surface area contributed by atoms with Gasteiger partial charge in [0.1, 0.15) is 0 Å². The van der Waals surface area contributed by atoms with Crippen molar-refractivity contribution in [2.75, 3.05) is 26.2 Å². The molecular weight excluding hydrogens is 420 g/mol. The van der Waals surface area contributed by atoms with Crippen molar-refractivity contribution < 1.29 is 4.42 Å². The molecule has 162 valence electrons. The van der Waals surface area contributed by atoms with Gasteiger partial charge in [-0.05, 0) is 35.4 Å². The minimum absolute atomic E-state index is 0.263. The highest BCUT2D eigenvalue weighted by atomic mass is 35.5. The molecule has 1 saturated heterocycles. The lowest BCUT2D eigenvalue weighted by molar-refractivity contribution is 0.0986. The van der Waals surface area contributed by atoms with E-state index >= 15 is 0 Å². The van der Waals surface area contributed by atoms with Gasteiger partial charge in [0.25, 0.3) is 0 Å². The van der Waals surface area contributed by atoms with Crippen LogP contribution < -0.4 is 0 Å². The van der Waals surface area contributed by atoms with Crippen LogP contribution in [0.15, 0.2) is 89.3 Å². The quantitative estimate of drug-likeness (QED) is 0.404. The van der Waals surface area contributed by atoms with E-state index in [4.69, 9.17) is 16.0 Å². The normalized spacial score (nSPS) is 15.3. The van der Waals surface area contributed by atoms with E-state index in [9.17, 15) is 0 Å². The number of hydrogen-bond donors (Lipinski definition) is 0. The molecule has 6 heteroatoms. The van der Waals surface area contributed by atoms with E-state index in [1.165, 1.54) is 11.1 Å². The van der Waals surface area contributed by atoms with E-state index in [0.717, 1.165) is 31.7 Å². The molecule has 0 saturated carbocycles. The van der Waals surface area contributed by atoms with E-state index in [-0.39, 0.29) is 6.04 Å². The number of nitrogens with zero attached hydrogens (tertiary/aromatic N) is 4. The number of halogens is 1. The van der Waals surface area contributed by atoms with Gasteiger partial charge in [-0.3, -0.25) is 9.80 Å². The lowest BCUT2D eigenvalue weighted by atomic mass is 9.96. The Hall–Kier alpha value is -2.99. The van der Waals surface area contributed by atoms with E-state index in [0.29, 0.717) is 23.3 Å². The van der Waals surface area contributed by atoms with Gasteiger partial charge in [-0.25, -0.2) is 0 Å². The van der Waals surface area contributed by atoms with Crippen LogP contribution in [0.5, 0.6) is 0 Å². The molecular formula is C26H25ClN4O. The summed E-state index contributed by atoms with van der Waals surface area (Å²) in [5.41, 5.74) is 3.54. The summed E-state index contributed by atoms with van der Waals surface area (Å²) in [6.07, 6.45) is 0. The summed E-state index contributed by atoms with van der Waals surface area (Å²) in [7, 11) is 0. The Morgan fingerprint density at radius 3 is 1.94 bits per heavy atom. The second-order valence-corrected chi connectivity index (χ2v) is 8.48. The van der Waals surface area contributed by atoms with Crippen molar-refractivity contribution in [3.8, 4) is 11.5 Å². The maximum atomic E-state index is 5.97. The molecule has 2 heterocycles. The van der Waals surface area contributed by atoms with Crippen molar-refractivity contribution in [2.24, 2.45) is 0 Å². The monoisotopic (exact) mass is 444 g/mol. The van der Waals surface area contributed by atoms with Gasteiger partial charge in [-0.1, -0.05) is 72.3 Å². The van der Waals surface area contributed by atoms with Crippen LogP contribution in [0.2, 0.25) is 5.02 Å². The minimum Gasteiger partial charge on any atom is -0.419 e. The summed E-state index contributed by atoms with van der Waals surface area (Å²) >= 11 is 5.97. The van der Waals surface area contributed by atoms with Crippen molar-refractivity contribution in [1.82, 2.24) is 20.0 Å². The first-order valence-electron chi connectivity index (χ1n) is 10.9. The molecule has 3 aromatic carbocycles. The van der Waals surface area contributed by atoms with Crippen LogP contribution in [0.3, 0.4) is 0 Å². The molecule has 0 radical (unpaired) electrons. The highest BCUT2D eigenvalue weighted by molar-refractivity contribution is 6.30. The van der Waals surface area contributed by atoms with Crippen LogP contribution in [0.4, 0.5) is 0 Å². The zero-order chi connectivity index (χ0) is 21.8. The molecule has 5 rings (SSSR count). The third-order valence-corrected chi connectivity index (χ3v) is 6.17. The summed E-state index contributed by atoms with van der Waals surface area (Å²) in [6, 6.07) is 29.2. The molecule has 0 bridgehead atoms. The number of rotatable bonds is 6. The first kappa shape index (κ1) is 20.9. The Bertz CT molecular complexity index is 1080. The van der Waals surface area contributed by atoms with Crippen LogP contribution in [0.1, 0.15) is 23.1 Å². The van der Waals surface area contributed by atoms with Gasteiger partial charge in [0.2, 0.25) is 11.8 Å². The van der Waals surface area contributed by atoms with Crippen molar-refractivity contribution in [3.63, 3.8) is 0 Å². The highest BCUT2D eigenvalue weighted by Gasteiger charge is 2.27. The fourth-order valence-corrected chi connectivity index (χ4v) is 4.41. The molecule has 0 unspecified atom stereocenters. The molecule has 0 N–H and O–H groups in total. The molecule has 4 aromatic rings. The van der Waals surface area contributed by atoms with E-state index in [1.807, 2.05) is 24.3 Å². The van der Waals surface area contributed by atoms with Gasteiger partial charge in [0.05, 0.1) is 12.6 Å². The average molecular weight is 445 g/mol. The predicted molar refractivity (Wildman–Crippen MR) is 126 cm³/mol. The summed E-state index contributed by atoms with van der Waals surface area (Å²) in [6.45, 7) is 4.53. The maximum absolute atomic E-state index is 5.97. The van der Waals surface area contributed by atoms with Crippen LogP contribution in [-0.4, -0.2) is 46.2 Å². The van der Waals surface area contributed by atoms with E-state index in [2.05, 4.69) is 80.7 Å². The Morgan fingerprint density at radius 1 is 0.750 bits per heavy atom. The van der Waals surface area contributed by atoms with Crippen molar-refractivity contribution >= 4 is 11.6 Å². The Balaban J connectivity index is 1.25. The lowest BCUT2D eigenvalue weighted by Crippen LogP contribution is -2.47. The van der Waals surface area contributed by atoms with Gasteiger partial charge < -0.3 is 4.42 Å². The van der Waals surface area contributed by atoms with E-state index < -0.39 is 0 Å². The Kier molecular flexibility index (Phi) is 6.30. The van der Waals surface area contributed by atoms with Crippen LogP contribution >= 0.6 is 11.6 Å². The van der Waals surface area contributed by atoms with Crippen molar-refractivity contribution in [3.05, 3.63) is 107 Å². The van der Waals surface area contributed by atoms with E-state index in [1.54, 1.807) is 0 Å². The minimum atomic E-state index is 0.263. The molecule has 1 fully saturated rings. The first-order valence-corrected chi connectivity index (χ1v) is 11.3. The number of aromatic nitrogens is 2. The molecule has 5 nitrogen and oxygen atoms in total. The molecule has 1 aromatic heterocycles. The molecule has 1 aliphatic rings. The van der Waals surface area contributed by atoms with Gasteiger partial charge in [-0.15, -0.1) is 10.2 Å². The second kappa shape index (κ2) is 9.65. The van der Waals surface area contributed by atoms with Crippen LogP contribution in [0.25, 0.3) is 11.5 Å². The van der Waals surface area contributed by atoms with Gasteiger partial charge in [-0.2, -0.15) is 0 Å². The summed E-state index contributed by atoms with van der Waals surface area (Å²) in [5.74, 6) is 1.18. The van der Waals surface area contributed by atoms with Crippen LogP contribution in [-0.2, 0) is 6.54 Å². The van der Waals surface area contributed by atoms with Crippen molar-refractivity contribution in [2.45, 2.75) is 12.6 Å². The molecule has 0 amide bonds. The fourth-order valence-electron chi connectivity index (χ4n) is 4.28. The van der Waals surface area contributed by atoms with Gasteiger partial charge in [0.15, 0.2) is 0 Å². The number of benzene rings is 3. The Morgan fingerprint density at radius 2 is 1.34 bits per heavy atom. The van der Waals surface area contributed by atoms with Gasteiger partial charge in [0, 0.05) is 36.8 Å². The number of hydrogen-bond acceptors (Lipinski definition) is 5. The maximum Gasteiger partial charge on any atom is 0.247 e. The third-order valence-electron chi connectivity index (χ3n) is 5.92. The molecule has 0 spiro atoms. The standard InChI is InChI=1S/C26H25ClN4O/c27-23-13-11-22(12-14-23)26-29-28-24(32-26)19-30-15-17-31(18-16-30)25(20-7-3-1-4-8-20)21-9-5-2-6-10-21/h1-14,25H,15-19H2. The number of piperazine rings is 1. The molecule has 0 aliphatic carbocycles. The predicted octanol–water partition coefficient (Wildman–Crippen LogP) is 5.30. The third kappa shape index (κ3) is 4.75. The largest absolute Gasteiger partial charge is 0.419 e. The molecule has 32 heavy (non-hydrogen) atoms. The first-order chi connectivity index (χ1) is 15.8. The smallest absolute Gasteiger partial charge is 0.247 e. The Labute approximate surface area is 193 Å². The van der Waals surface area contributed by atoms with Gasteiger partial charge >= 0.3 is 0 Å². The lowest BCUT2D eigenvalue weighted by Gasteiger charge is -2.39. The molecule has 1 aliphatic heterocycles. The zero-order valence-electron chi connectivity index (χ0n) is 17.8. The zero-order valence-corrected chi connectivity index (χ0v) is 18.5. The topological polar surface area (TPSA) is 45.4 Å². The molecule has 0 atom stereocenters. The van der Waals surface area contributed by atoms with Crippen LogP contribution in [0, 0.1) is 0 Å². The average Bonchev–Trinajstić information content (AvgIpc) is 3.31. The fraction of sp³-hybridized carbons (Fsp3) is 0.231. The second-order valence-electron chi connectivity index (χ2n) is 8.04. The highest BCUT2D eigenvalue weighted by Crippen LogP contribution is 2.29. The SMILES string of the molecule is Clc1ccc(-c2nnc(CN3CCN(C(c4ccccc4)c4ccccc4)CC3)o2)cc1. The summed E-state index contributed by atoms with van der Waals surface area (Å²) < 4.78 is 5.90. The van der Waals surface area contributed by atoms with Crippen molar-refractivity contribution in [1.29, 1.82) is 0 Å². The summed E-state index contributed by atoms with van der Waals surface area (Å²) in [4.78, 5) is 4.94.